The van der Waals surface area contributed by atoms with Gasteiger partial charge in [0.1, 0.15) is 34.8 Å². The lowest BCUT2D eigenvalue weighted by atomic mass is 9.91. The molecule has 2 atom stereocenters. The second kappa shape index (κ2) is 24.0. The van der Waals surface area contributed by atoms with E-state index in [2.05, 4.69) is 15.6 Å². The number of nitrogens with zero attached hydrogens (tertiary/aromatic N) is 4. The van der Waals surface area contributed by atoms with Crippen molar-refractivity contribution in [1.82, 2.24) is 30.3 Å². The van der Waals surface area contributed by atoms with Gasteiger partial charge >= 0.3 is 24.0 Å². The smallest absolute Gasteiger partial charge is 0.410 e. The molecule has 2 N–H and O–H groups in total. The Hall–Kier alpha value is -5.00. The number of rotatable bonds is 18. The van der Waals surface area contributed by atoms with Crippen LogP contribution >= 0.6 is 0 Å². The molecule has 4 amide bonds. The number of esters is 3. The third kappa shape index (κ3) is 22.2. The summed E-state index contributed by atoms with van der Waals surface area (Å²) < 4.78 is 27.8. The molecule has 0 spiro atoms. The van der Waals surface area contributed by atoms with E-state index in [0.717, 1.165) is 12.8 Å². The number of hydrogen-bond donors (Lipinski definition) is 2. The van der Waals surface area contributed by atoms with Crippen LogP contribution in [0.2, 0.25) is 0 Å². The van der Waals surface area contributed by atoms with Crippen LogP contribution in [0.15, 0.2) is 18.5 Å². The normalized spacial score (nSPS) is 16.8. The Bertz CT molecular complexity index is 1760. The summed E-state index contributed by atoms with van der Waals surface area (Å²) in [5, 5.41) is 5.75. The Morgan fingerprint density at radius 1 is 0.723 bits per heavy atom. The number of carbonyl (C=O) groups excluding carboxylic acids is 7. The summed E-state index contributed by atoms with van der Waals surface area (Å²) in [6, 6.07) is 0.828. The summed E-state index contributed by atoms with van der Waals surface area (Å²) in [5.74, 6) is -2.35. The Morgan fingerprint density at radius 2 is 1.29 bits per heavy atom. The molecule has 18 heteroatoms. The molecule has 2 fully saturated rings. The first-order valence-corrected chi connectivity index (χ1v) is 22.8. The standard InChI is InChI=1S/C47H76N6O12/c1-44(2,3)62-39(56)25-36(50-42(59)33-14-13-20-53(28-33)38(55)16-15-32-17-21-52(22-18-32)43(60)65-47(10,11)12)34-24-35(27-48-26-34)61-23-19-49-37(54)29-51(30-40(57)63-45(4,5)6)31-41(58)64-46(7,8)9/h24,26-27,32-33,36H,13-23,25,28-31H2,1-12H3,(H,49,54)(H,50,59)/t33-,36+/m1/s1. The van der Waals surface area contributed by atoms with E-state index in [1.165, 1.54) is 17.3 Å². The predicted molar refractivity (Wildman–Crippen MR) is 241 cm³/mol. The average Bonchev–Trinajstić information content (AvgIpc) is 3.15. The van der Waals surface area contributed by atoms with Crippen molar-refractivity contribution in [3.8, 4) is 5.75 Å². The Labute approximate surface area is 385 Å². The van der Waals surface area contributed by atoms with Crippen LogP contribution in [0.4, 0.5) is 4.79 Å². The summed E-state index contributed by atoms with van der Waals surface area (Å²) >= 11 is 0. The van der Waals surface area contributed by atoms with Gasteiger partial charge in [0, 0.05) is 38.8 Å². The van der Waals surface area contributed by atoms with Gasteiger partial charge in [-0.1, -0.05) is 0 Å². The summed E-state index contributed by atoms with van der Waals surface area (Å²) in [7, 11) is 0. The van der Waals surface area contributed by atoms with Crippen LogP contribution in [-0.2, 0) is 47.7 Å². The minimum atomic E-state index is -0.827. The van der Waals surface area contributed by atoms with Crippen molar-refractivity contribution < 1.29 is 57.2 Å². The van der Waals surface area contributed by atoms with Crippen LogP contribution in [0, 0.1) is 11.8 Å². The highest BCUT2D eigenvalue weighted by atomic mass is 16.6. The lowest BCUT2D eigenvalue weighted by molar-refractivity contribution is -0.160. The molecule has 2 saturated heterocycles. The van der Waals surface area contributed by atoms with Crippen LogP contribution < -0.4 is 15.4 Å². The maximum absolute atomic E-state index is 13.9. The molecule has 2 aliphatic rings. The van der Waals surface area contributed by atoms with Gasteiger partial charge in [-0.25, -0.2) is 4.79 Å². The highest BCUT2D eigenvalue weighted by Crippen LogP contribution is 2.27. The Kier molecular flexibility index (Phi) is 20.0. The topological polar surface area (TPSA) is 212 Å². The quantitative estimate of drug-likeness (QED) is 0.111. The minimum absolute atomic E-state index is 0.00783. The largest absolute Gasteiger partial charge is 0.490 e. The van der Waals surface area contributed by atoms with E-state index in [-0.39, 0.29) is 63.7 Å². The molecule has 3 heterocycles. The first-order valence-electron chi connectivity index (χ1n) is 22.8. The average molecular weight is 917 g/mol. The number of nitrogens with one attached hydrogen (secondary N) is 2. The fourth-order valence-electron chi connectivity index (χ4n) is 7.33. The van der Waals surface area contributed by atoms with Crippen molar-refractivity contribution in [2.24, 2.45) is 11.8 Å². The van der Waals surface area contributed by atoms with E-state index in [1.807, 2.05) is 20.8 Å². The van der Waals surface area contributed by atoms with Gasteiger partial charge in [0.25, 0.3) is 0 Å². The number of aromatic nitrogens is 1. The maximum atomic E-state index is 13.9. The van der Waals surface area contributed by atoms with Crippen molar-refractivity contribution in [1.29, 1.82) is 0 Å². The van der Waals surface area contributed by atoms with Gasteiger partial charge < -0.3 is 44.1 Å². The SMILES string of the molecule is CC(C)(C)OC(=O)C[C@H](NC(=O)[C@@H]1CCCN(C(=O)CCC2CCN(C(=O)OC(C)(C)C)CC2)C1)c1cncc(OCCNC(=O)CN(CC(=O)OC(C)(C)C)CC(=O)OC(C)(C)C)c1. The molecule has 0 radical (unpaired) electrons. The van der Waals surface area contributed by atoms with E-state index in [4.69, 9.17) is 23.7 Å². The molecule has 0 aromatic carbocycles. The Balaban J connectivity index is 1.59. The summed E-state index contributed by atoms with van der Waals surface area (Å²) in [6.07, 6.45) is 6.38. The first kappa shape index (κ1) is 54.3. The molecular weight excluding hydrogens is 841 g/mol. The lowest BCUT2D eigenvalue weighted by Gasteiger charge is -2.35. The summed E-state index contributed by atoms with van der Waals surface area (Å²) in [6.45, 7) is 22.3. The monoisotopic (exact) mass is 917 g/mol. The number of carbonyl (C=O) groups is 7. The molecule has 1 aromatic rings. The molecule has 2 aliphatic heterocycles. The zero-order valence-electron chi connectivity index (χ0n) is 41.0. The zero-order chi connectivity index (χ0) is 48.8. The van der Waals surface area contributed by atoms with Gasteiger partial charge in [0.2, 0.25) is 17.7 Å². The molecule has 1 aromatic heterocycles. The minimum Gasteiger partial charge on any atom is -0.490 e. The molecule has 0 aliphatic carbocycles. The molecule has 65 heavy (non-hydrogen) atoms. The number of ether oxygens (including phenoxy) is 5. The second-order valence-electron chi connectivity index (χ2n) is 21.0. The third-order valence-electron chi connectivity index (χ3n) is 10.0. The fourth-order valence-corrected chi connectivity index (χ4v) is 7.33. The van der Waals surface area contributed by atoms with Gasteiger partial charge in [-0.3, -0.25) is 38.7 Å². The third-order valence-corrected chi connectivity index (χ3v) is 10.0. The van der Waals surface area contributed by atoms with Gasteiger partial charge in [0.15, 0.2) is 0 Å². The molecule has 3 rings (SSSR count). The molecule has 0 saturated carbocycles. The second-order valence-corrected chi connectivity index (χ2v) is 21.0. The molecule has 0 unspecified atom stereocenters. The highest BCUT2D eigenvalue weighted by Gasteiger charge is 2.33. The van der Waals surface area contributed by atoms with Crippen LogP contribution in [-0.4, -0.2) is 143 Å². The van der Waals surface area contributed by atoms with Crippen molar-refractivity contribution in [2.75, 3.05) is 59.0 Å². The fraction of sp³-hybridized carbons (Fsp3) is 0.745. The molecule has 366 valence electrons. The highest BCUT2D eigenvalue weighted by molar-refractivity contribution is 5.83. The number of piperidine rings is 2. The van der Waals surface area contributed by atoms with Gasteiger partial charge in [-0.2, -0.15) is 0 Å². The number of pyridine rings is 1. The van der Waals surface area contributed by atoms with Gasteiger partial charge in [-0.05, 0) is 133 Å². The van der Waals surface area contributed by atoms with Crippen molar-refractivity contribution in [3.05, 3.63) is 24.0 Å². The molecule has 0 bridgehead atoms. The Morgan fingerprint density at radius 3 is 1.86 bits per heavy atom. The summed E-state index contributed by atoms with van der Waals surface area (Å²) in [4.78, 5) is 100. The number of amides is 4. The van der Waals surface area contributed by atoms with Gasteiger partial charge in [-0.15, -0.1) is 0 Å². The first-order chi connectivity index (χ1) is 30.0. The van der Waals surface area contributed by atoms with E-state index < -0.39 is 58.2 Å². The van der Waals surface area contributed by atoms with Crippen molar-refractivity contribution in [3.63, 3.8) is 0 Å². The van der Waals surface area contributed by atoms with Crippen LogP contribution in [0.25, 0.3) is 0 Å². The zero-order valence-corrected chi connectivity index (χ0v) is 41.0. The van der Waals surface area contributed by atoms with E-state index >= 15 is 0 Å². The maximum Gasteiger partial charge on any atom is 0.410 e. The van der Waals surface area contributed by atoms with Crippen LogP contribution in [0.3, 0.4) is 0 Å². The van der Waals surface area contributed by atoms with E-state index in [1.54, 1.807) is 78.2 Å². The number of hydrogen-bond acceptors (Lipinski definition) is 14. The number of likely N-dealkylation sites (tertiary alicyclic amines) is 2. The van der Waals surface area contributed by atoms with E-state index in [0.29, 0.717) is 62.5 Å². The van der Waals surface area contributed by atoms with Gasteiger partial charge in [0.05, 0.1) is 50.8 Å². The van der Waals surface area contributed by atoms with E-state index in [9.17, 15) is 33.6 Å². The van der Waals surface area contributed by atoms with Crippen molar-refractivity contribution in [2.45, 2.75) is 156 Å². The molecular formula is C47H76N6O12. The molecule has 18 nitrogen and oxygen atoms in total. The summed E-state index contributed by atoms with van der Waals surface area (Å²) in [5.41, 5.74) is -2.34. The lowest BCUT2D eigenvalue weighted by Crippen LogP contribution is -2.46. The van der Waals surface area contributed by atoms with Crippen LogP contribution in [0.5, 0.6) is 5.75 Å². The van der Waals surface area contributed by atoms with Crippen molar-refractivity contribution >= 4 is 41.7 Å². The van der Waals surface area contributed by atoms with Crippen LogP contribution in [0.1, 0.15) is 140 Å². The predicted octanol–water partition coefficient (Wildman–Crippen LogP) is 5.12.